The molecular formula is C18H18N6O4. The normalized spacial score (nSPS) is 13.5. The lowest BCUT2D eigenvalue weighted by molar-refractivity contribution is 0.223. The van der Waals surface area contributed by atoms with Crippen LogP contribution in [0.2, 0.25) is 0 Å². The topological polar surface area (TPSA) is 130 Å². The van der Waals surface area contributed by atoms with Crippen LogP contribution in [0.5, 0.6) is 11.5 Å². The zero-order valence-electron chi connectivity index (χ0n) is 15.1. The van der Waals surface area contributed by atoms with Crippen LogP contribution >= 0.6 is 0 Å². The molecule has 0 spiro atoms. The predicted molar refractivity (Wildman–Crippen MR) is 104 cm³/mol. The minimum atomic E-state index is -0.598. The molecule has 1 aliphatic rings. The predicted octanol–water partition coefficient (Wildman–Crippen LogP) is 3.15. The molecule has 0 aromatic heterocycles. The first kappa shape index (κ1) is 18.7. The van der Waals surface area contributed by atoms with Gasteiger partial charge in [0.15, 0.2) is 11.7 Å². The Morgan fingerprint density at radius 1 is 0.786 bits per heavy atom. The maximum absolute atomic E-state index is 12.4. The number of rotatable bonds is 2. The molecule has 28 heavy (non-hydrogen) atoms. The Labute approximate surface area is 160 Å². The molecule has 2 aromatic rings. The number of nitrogens with one attached hydrogen (secondary N) is 2. The summed E-state index contributed by atoms with van der Waals surface area (Å²) in [6.45, 7) is 3.04. The van der Waals surface area contributed by atoms with Crippen molar-refractivity contribution in [3.63, 3.8) is 0 Å². The summed E-state index contributed by atoms with van der Waals surface area (Å²) in [5.41, 5.74) is 0.768. The van der Waals surface area contributed by atoms with Crippen molar-refractivity contribution < 1.29 is 19.8 Å². The second kappa shape index (κ2) is 7.66. The van der Waals surface area contributed by atoms with Gasteiger partial charge in [0.1, 0.15) is 11.5 Å². The first-order valence-electron chi connectivity index (χ1n) is 8.24. The molecule has 0 fully saturated rings. The van der Waals surface area contributed by atoms with E-state index in [1.807, 2.05) is 0 Å². The average molecular weight is 382 g/mol. The number of aromatic hydroxyl groups is 2. The van der Waals surface area contributed by atoms with Crippen molar-refractivity contribution >= 4 is 35.1 Å². The van der Waals surface area contributed by atoms with Gasteiger partial charge in [0.25, 0.3) is 0 Å². The molecular weight excluding hydrogens is 364 g/mol. The third-order valence-corrected chi connectivity index (χ3v) is 3.68. The molecule has 0 aliphatic carbocycles. The fraction of sp³-hybridized carbons (Fsp3) is 0.111. The molecule has 0 radical (unpaired) electrons. The van der Waals surface area contributed by atoms with E-state index < -0.39 is 12.1 Å². The van der Waals surface area contributed by atoms with E-state index in [2.05, 4.69) is 20.8 Å². The standard InChI is InChI=1S/C18H18N6O4/c1-11-21-24(18(28)20-14-6-4-8-16(26)10-14)12(2)22-23(11)17(27)19-13-5-3-7-15(25)9-13/h3-10,25-26H,1-2H3,(H,19,27)(H,20,28). The van der Waals surface area contributed by atoms with Gasteiger partial charge in [0, 0.05) is 23.5 Å². The molecule has 3 rings (SSSR count). The quantitative estimate of drug-likeness (QED) is 0.635. The molecule has 4 amide bonds. The van der Waals surface area contributed by atoms with Gasteiger partial charge in [-0.05, 0) is 38.1 Å². The molecule has 144 valence electrons. The molecule has 1 heterocycles. The number of phenols is 2. The molecule has 10 heteroatoms. The van der Waals surface area contributed by atoms with E-state index in [4.69, 9.17) is 0 Å². The second-order valence-electron chi connectivity index (χ2n) is 5.88. The molecule has 1 aliphatic heterocycles. The molecule has 0 saturated carbocycles. The van der Waals surface area contributed by atoms with E-state index in [1.165, 1.54) is 38.1 Å². The number of hydrogen-bond acceptors (Lipinski definition) is 6. The lowest BCUT2D eigenvalue weighted by Crippen LogP contribution is -2.45. The van der Waals surface area contributed by atoms with Gasteiger partial charge < -0.3 is 20.8 Å². The van der Waals surface area contributed by atoms with Gasteiger partial charge >= 0.3 is 12.1 Å². The molecule has 0 saturated heterocycles. The van der Waals surface area contributed by atoms with Gasteiger partial charge in [-0.25, -0.2) is 9.59 Å². The summed E-state index contributed by atoms with van der Waals surface area (Å²) in [5.74, 6) is 0.344. The Hall–Kier alpha value is -4.08. The lowest BCUT2D eigenvalue weighted by Gasteiger charge is -2.27. The minimum absolute atomic E-state index is 0.0105. The zero-order chi connectivity index (χ0) is 20.3. The smallest absolute Gasteiger partial charge is 0.348 e. The van der Waals surface area contributed by atoms with E-state index in [0.717, 1.165) is 10.0 Å². The van der Waals surface area contributed by atoms with Crippen LogP contribution in [0, 0.1) is 0 Å². The Kier molecular flexibility index (Phi) is 5.12. The summed E-state index contributed by atoms with van der Waals surface area (Å²) in [6.07, 6.45) is 0. The summed E-state index contributed by atoms with van der Waals surface area (Å²) in [4.78, 5) is 24.9. The number of urea groups is 2. The Bertz CT molecular complexity index is 908. The fourth-order valence-electron chi connectivity index (χ4n) is 2.42. The number of benzene rings is 2. The van der Waals surface area contributed by atoms with Crippen LogP contribution in [-0.2, 0) is 0 Å². The molecule has 4 N–H and O–H groups in total. The van der Waals surface area contributed by atoms with Crippen LogP contribution in [-0.4, -0.2) is 44.0 Å². The third-order valence-electron chi connectivity index (χ3n) is 3.68. The zero-order valence-corrected chi connectivity index (χ0v) is 15.1. The minimum Gasteiger partial charge on any atom is -0.508 e. The molecule has 10 nitrogen and oxygen atoms in total. The van der Waals surface area contributed by atoms with Crippen LogP contribution in [0.25, 0.3) is 0 Å². The lowest BCUT2D eigenvalue weighted by atomic mass is 10.3. The Morgan fingerprint density at radius 2 is 1.18 bits per heavy atom. The van der Waals surface area contributed by atoms with Crippen molar-refractivity contribution in [2.45, 2.75) is 13.8 Å². The van der Waals surface area contributed by atoms with Gasteiger partial charge in [0.2, 0.25) is 0 Å². The number of carbonyl (C=O) groups excluding carboxylic acids is 2. The number of hydrogen-bond donors (Lipinski definition) is 4. The van der Waals surface area contributed by atoms with E-state index in [0.29, 0.717) is 11.4 Å². The van der Waals surface area contributed by atoms with Crippen molar-refractivity contribution in [2.24, 2.45) is 10.2 Å². The van der Waals surface area contributed by atoms with E-state index in [9.17, 15) is 19.8 Å². The van der Waals surface area contributed by atoms with Crippen molar-refractivity contribution in [1.29, 1.82) is 0 Å². The first-order chi connectivity index (χ1) is 13.3. The van der Waals surface area contributed by atoms with Crippen LogP contribution in [0.3, 0.4) is 0 Å². The first-order valence-corrected chi connectivity index (χ1v) is 8.24. The van der Waals surface area contributed by atoms with Crippen molar-refractivity contribution in [3.05, 3.63) is 48.5 Å². The highest BCUT2D eigenvalue weighted by molar-refractivity contribution is 6.09. The van der Waals surface area contributed by atoms with Gasteiger partial charge in [0.05, 0.1) is 0 Å². The number of amidine groups is 2. The number of carbonyl (C=O) groups is 2. The maximum Gasteiger partial charge on any atom is 0.348 e. The van der Waals surface area contributed by atoms with Crippen molar-refractivity contribution in [2.75, 3.05) is 10.6 Å². The van der Waals surface area contributed by atoms with Gasteiger partial charge in [-0.15, -0.1) is 10.2 Å². The van der Waals surface area contributed by atoms with E-state index >= 15 is 0 Å². The summed E-state index contributed by atoms with van der Waals surface area (Å²) in [6, 6.07) is 10.9. The monoisotopic (exact) mass is 382 g/mol. The number of nitrogens with zero attached hydrogens (tertiary/aromatic N) is 4. The Balaban J connectivity index is 1.72. The summed E-state index contributed by atoms with van der Waals surface area (Å²) < 4.78 is 0. The highest BCUT2D eigenvalue weighted by Crippen LogP contribution is 2.19. The average Bonchev–Trinajstić information content (AvgIpc) is 2.63. The molecule has 0 unspecified atom stereocenters. The summed E-state index contributed by atoms with van der Waals surface area (Å²) in [5, 5.41) is 34.4. The Morgan fingerprint density at radius 3 is 1.54 bits per heavy atom. The highest BCUT2D eigenvalue weighted by atomic mass is 16.3. The van der Waals surface area contributed by atoms with Crippen molar-refractivity contribution in [1.82, 2.24) is 10.0 Å². The number of anilines is 2. The second-order valence-corrected chi connectivity index (χ2v) is 5.88. The van der Waals surface area contributed by atoms with Gasteiger partial charge in [-0.3, -0.25) is 0 Å². The number of hydrazone groups is 2. The maximum atomic E-state index is 12.4. The van der Waals surface area contributed by atoms with Crippen LogP contribution in [0.1, 0.15) is 13.8 Å². The summed E-state index contributed by atoms with van der Waals surface area (Å²) in [7, 11) is 0. The largest absolute Gasteiger partial charge is 0.508 e. The number of amides is 4. The fourth-order valence-corrected chi connectivity index (χ4v) is 2.42. The molecule has 2 aromatic carbocycles. The van der Waals surface area contributed by atoms with Crippen LogP contribution in [0.4, 0.5) is 21.0 Å². The highest BCUT2D eigenvalue weighted by Gasteiger charge is 2.27. The summed E-state index contributed by atoms with van der Waals surface area (Å²) >= 11 is 0. The van der Waals surface area contributed by atoms with E-state index in [1.54, 1.807) is 24.3 Å². The van der Waals surface area contributed by atoms with E-state index in [-0.39, 0.29) is 23.2 Å². The number of phenolic OH excluding ortho intramolecular Hbond substituents is 2. The van der Waals surface area contributed by atoms with Crippen LogP contribution in [0.15, 0.2) is 58.7 Å². The molecule has 0 atom stereocenters. The van der Waals surface area contributed by atoms with Crippen molar-refractivity contribution in [3.8, 4) is 11.5 Å². The SMILES string of the molecule is CC1=NN(C(=O)Nc2cccc(O)c2)C(C)=NN1C(=O)Nc1cccc(O)c1. The third kappa shape index (κ3) is 4.18. The van der Waals surface area contributed by atoms with Crippen LogP contribution < -0.4 is 10.6 Å². The van der Waals surface area contributed by atoms with Gasteiger partial charge in [-0.2, -0.15) is 10.0 Å². The van der Waals surface area contributed by atoms with Gasteiger partial charge in [-0.1, -0.05) is 12.1 Å². The molecule has 0 bridgehead atoms.